The fraction of sp³-hybridized carbons (Fsp3) is 0.727. The molecule has 6 heteroatoms. The fourth-order valence-corrected chi connectivity index (χ4v) is 3.98. The van der Waals surface area contributed by atoms with Gasteiger partial charge >= 0.3 is 11.9 Å². The van der Waals surface area contributed by atoms with Crippen LogP contribution in [0.15, 0.2) is 23.8 Å². The summed E-state index contributed by atoms with van der Waals surface area (Å²) in [5.74, 6) is -0.666. The average molecular weight is 395 g/mol. The van der Waals surface area contributed by atoms with Gasteiger partial charge < -0.3 is 19.3 Å². The Morgan fingerprint density at radius 3 is 2.43 bits per heavy atom. The van der Waals surface area contributed by atoms with Gasteiger partial charge in [-0.15, -0.1) is 0 Å². The Hall–Kier alpha value is -1.66. The lowest BCUT2D eigenvalue weighted by atomic mass is 9.72. The van der Waals surface area contributed by atoms with Crippen LogP contribution >= 0.6 is 0 Å². The smallest absolute Gasteiger partial charge is 0.333 e. The topological polar surface area (TPSA) is 82.1 Å². The Morgan fingerprint density at radius 2 is 1.89 bits per heavy atom. The number of carbonyl (C=O) groups excluding carboxylic acids is 2. The number of carbonyl (C=O) groups is 2. The second kappa shape index (κ2) is 8.37. The van der Waals surface area contributed by atoms with Crippen molar-refractivity contribution in [1.82, 2.24) is 0 Å². The van der Waals surface area contributed by atoms with Crippen molar-refractivity contribution in [3.05, 3.63) is 23.8 Å². The highest BCUT2D eigenvalue weighted by Crippen LogP contribution is 2.45. The minimum atomic E-state index is -0.948. The van der Waals surface area contributed by atoms with Gasteiger partial charge in [-0.2, -0.15) is 0 Å². The van der Waals surface area contributed by atoms with Gasteiger partial charge in [0.05, 0.1) is 11.2 Å². The summed E-state index contributed by atoms with van der Waals surface area (Å²) in [6, 6.07) is 0. The molecular formula is C22H34O6. The first-order valence-electron chi connectivity index (χ1n) is 10.00. The van der Waals surface area contributed by atoms with Crippen LogP contribution in [-0.4, -0.2) is 46.6 Å². The first kappa shape index (κ1) is 22.6. The predicted molar refractivity (Wildman–Crippen MR) is 106 cm³/mol. The van der Waals surface area contributed by atoms with Gasteiger partial charge in [0.25, 0.3) is 0 Å². The van der Waals surface area contributed by atoms with E-state index >= 15 is 0 Å². The zero-order valence-electron chi connectivity index (χ0n) is 17.9. The van der Waals surface area contributed by atoms with Crippen molar-refractivity contribution in [2.45, 2.75) is 90.1 Å². The molecule has 0 aromatic carbocycles. The lowest BCUT2D eigenvalue weighted by Gasteiger charge is -2.51. The standard InChI is InChI=1S/C22H34O6/c1-7-15(2)19(24)27-18-10-13-21(5,17-8-11-20(4,25)12-9-17)28-22(18,6)14-26-16(3)23/h7-8,11,17-18,25H,9-10,12-14H2,1-6H3/b15-7+/t17-,18+,20+,21+,22+/m1/s1. The molecule has 0 amide bonds. The minimum Gasteiger partial charge on any atom is -0.463 e. The van der Waals surface area contributed by atoms with Gasteiger partial charge in [0.2, 0.25) is 0 Å². The molecule has 2 aliphatic rings. The van der Waals surface area contributed by atoms with E-state index in [0.29, 0.717) is 24.8 Å². The molecule has 1 N–H and O–H groups in total. The zero-order valence-corrected chi connectivity index (χ0v) is 17.9. The lowest BCUT2D eigenvalue weighted by molar-refractivity contribution is -0.256. The third kappa shape index (κ3) is 5.23. The van der Waals surface area contributed by atoms with Crippen molar-refractivity contribution >= 4 is 11.9 Å². The van der Waals surface area contributed by atoms with Crippen LogP contribution in [0, 0.1) is 5.92 Å². The van der Waals surface area contributed by atoms with Crippen LogP contribution in [0.4, 0.5) is 0 Å². The predicted octanol–water partition coefficient (Wildman–Crippen LogP) is 3.47. The molecule has 0 radical (unpaired) electrons. The fourth-order valence-electron chi connectivity index (χ4n) is 3.98. The van der Waals surface area contributed by atoms with E-state index in [2.05, 4.69) is 0 Å². The van der Waals surface area contributed by atoms with Crippen LogP contribution in [0.5, 0.6) is 0 Å². The lowest BCUT2D eigenvalue weighted by Crippen LogP contribution is -2.60. The summed E-state index contributed by atoms with van der Waals surface area (Å²) in [6.07, 6.45) is 7.81. The summed E-state index contributed by atoms with van der Waals surface area (Å²) >= 11 is 0. The minimum absolute atomic E-state index is 0.0128. The summed E-state index contributed by atoms with van der Waals surface area (Å²) in [4.78, 5) is 23.7. The maximum atomic E-state index is 12.3. The van der Waals surface area contributed by atoms with Crippen molar-refractivity contribution in [2.75, 3.05) is 6.61 Å². The van der Waals surface area contributed by atoms with Gasteiger partial charge in [0, 0.05) is 18.4 Å². The molecule has 1 fully saturated rings. The number of allylic oxidation sites excluding steroid dienone is 1. The number of hydrogen-bond donors (Lipinski definition) is 1. The number of esters is 2. The second-order valence-electron chi connectivity index (χ2n) is 8.77. The monoisotopic (exact) mass is 394 g/mol. The molecule has 1 heterocycles. The van der Waals surface area contributed by atoms with Gasteiger partial charge in [0.1, 0.15) is 18.3 Å². The molecule has 2 rings (SSSR count). The van der Waals surface area contributed by atoms with Crippen LogP contribution in [-0.2, 0) is 23.8 Å². The van der Waals surface area contributed by atoms with E-state index in [1.165, 1.54) is 6.92 Å². The van der Waals surface area contributed by atoms with Crippen LogP contribution in [0.2, 0.25) is 0 Å². The van der Waals surface area contributed by atoms with Crippen molar-refractivity contribution in [1.29, 1.82) is 0 Å². The Bertz CT molecular complexity index is 664. The largest absolute Gasteiger partial charge is 0.463 e. The van der Waals surface area contributed by atoms with Gasteiger partial charge in [-0.3, -0.25) is 4.79 Å². The normalized spacial score (nSPS) is 38.8. The first-order valence-corrected chi connectivity index (χ1v) is 10.00. The Balaban J connectivity index is 2.23. The molecule has 0 aromatic rings. The van der Waals surface area contributed by atoms with Gasteiger partial charge in [0.15, 0.2) is 0 Å². The molecule has 0 aromatic heterocycles. The summed E-state index contributed by atoms with van der Waals surface area (Å²) in [5, 5.41) is 10.2. The SMILES string of the molecule is C/C=C(\C)C(=O)O[C@H]1CC[C@@](C)([C@@H]2C=C[C@](C)(O)CC2)O[C@@]1(C)COC(C)=O. The van der Waals surface area contributed by atoms with Crippen LogP contribution < -0.4 is 0 Å². The van der Waals surface area contributed by atoms with Crippen LogP contribution in [0.1, 0.15) is 67.2 Å². The van der Waals surface area contributed by atoms with E-state index in [1.807, 2.05) is 26.0 Å². The number of aliphatic hydroxyl groups is 1. The second-order valence-corrected chi connectivity index (χ2v) is 8.77. The quantitative estimate of drug-likeness (QED) is 0.437. The summed E-state index contributed by atoms with van der Waals surface area (Å²) in [6.45, 7) is 10.5. The first-order chi connectivity index (χ1) is 12.9. The van der Waals surface area contributed by atoms with E-state index in [-0.39, 0.29) is 18.5 Å². The molecular weight excluding hydrogens is 360 g/mol. The third-order valence-corrected chi connectivity index (χ3v) is 6.05. The summed E-state index contributed by atoms with van der Waals surface area (Å²) in [7, 11) is 0. The highest BCUT2D eigenvalue weighted by atomic mass is 16.6. The van der Waals surface area contributed by atoms with E-state index in [9.17, 15) is 14.7 Å². The van der Waals surface area contributed by atoms with Crippen LogP contribution in [0.3, 0.4) is 0 Å². The third-order valence-electron chi connectivity index (χ3n) is 6.05. The molecule has 1 aliphatic heterocycles. The van der Waals surface area contributed by atoms with E-state index in [0.717, 1.165) is 6.42 Å². The average Bonchev–Trinajstić information content (AvgIpc) is 2.61. The van der Waals surface area contributed by atoms with Crippen molar-refractivity contribution in [3.63, 3.8) is 0 Å². The van der Waals surface area contributed by atoms with E-state index in [4.69, 9.17) is 14.2 Å². The summed E-state index contributed by atoms with van der Waals surface area (Å²) in [5.41, 5.74) is -1.71. The van der Waals surface area contributed by atoms with Crippen molar-refractivity contribution in [3.8, 4) is 0 Å². The number of rotatable bonds is 5. The van der Waals surface area contributed by atoms with Gasteiger partial charge in [-0.05, 0) is 60.3 Å². The van der Waals surface area contributed by atoms with Crippen LogP contribution in [0.25, 0.3) is 0 Å². The molecule has 0 saturated carbocycles. The van der Waals surface area contributed by atoms with Crippen molar-refractivity contribution in [2.24, 2.45) is 5.92 Å². The number of hydrogen-bond acceptors (Lipinski definition) is 6. The Labute approximate surface area is 167 Å². The highest BCUT2D eigenvalue weighted by molar-refractivity contribution is 5.87. The Kier molecular flexibility index (Phi) is 6.77. The summed E-state index contributed by atoms with van der Waals surface area (Å²) < 4.78 is 17.5. The zero-order chi connectivity index (χ0) is 21.2. The molecule has 158 valence electrons. The van der Waals surface area contributed by atoms with Crippen molar-refractivity contribution < 1.29 is 28.9 Å². The van der Waals surface area contributed by atoms with Gasteiger partial charge in [-0.25, -0.2) is 4.79 Å². The maximum Gasteiger partial charge on any atom is 0.333 e. The highest BCUT2D eigenvalue weighted by Gasteiger charge is 2.52. The van der Waals surface area contributed by atoms with Gasteiger partial charge in [-0.1, -0.05) is 18.2 Å². The maximum absolute atomic E-state index is 12.3. The molecule has 0 bridgehead atoms. The molecule has 28 heavy (non-hydrogen) atoms. The molecule has 6 nitrogen and oxygen atoms in total. The van der Waals surface area contributed by atoms with E-state index < -0.39 is 28.9 Å². The molecule has 0 spiro atoms. The van der Waals surface area contributed by atoms with E-state index in [1.54, 1.807) is 26.8 Å². The molecule has 1 aliphatic carbocycles. The molecule has 5 atom stereocenters. The molecule has 1 saturated heterocycles. The Morgan fingerprint density at radius 1 is 1.21 bits per heavy atom. The molecule has 0 unspecified atom stereocenters. The number of ether oxygens (including phenoxy) is 3.